The molecule has 4 heteroatoms. The number of hydrogen-bond acceptors (Lipinski definition) is 4. The minimum absolute atomic E-state index is 0.267. The molecule has 1 aliphatic heterocycles. The highest BCUT2D eigenvalue weighted by atomic mass is 14.9. The van der Waals surface area contributed by atoms with Gasteiger partial charge in [0.1, 0.15) is 11.5 Å². The standard InChI is InChI=1S/C9H16N4/c1-3-6-4-5-13-9(11)8(12-2)7(6)10/h6,10H,3-5H2,1-2H3,(H2,11,13). The van der Waals surface area contributed by atoms with Crippen LogP contribution in [0.1, 0.15) is 19.8 Å². The molecule has 1 heterocycles. The fourth-order valence-corrected chi connectivity index (χ4v) is 1.53. The van der Waals surface area contributed by atoms with Gasteiger partial charge in [0.15, 0.2) is 0 Å². The number of hydrogen-bond donors (Lipinski definition) is 2. The predicted octanol–water partition coefficient (Wildman–Crippen LogP) is 0.864. The third-order valence-corrected chi connectivity index (χ3v) is 2.38. The van der Waals surface area contributed by atoms with Crippen molar-refractivity contribution < 1.29 is 0 Å². The number of nitrogens with one attached hydrogen (secondary N) is 1. The van der Waals surface area contributed by atoms with Crippen molar-refractivity contribution in [1.29, 1.82) is 5.41 Å². The Bertz CT molecular complexity index is 265. The van der Waals surface area contributed by atoms with Gasteiger partial charge in [-0.3, -0.25) is 9.98 Å². The number of rotatable bonds is 1. The highest BCUT2D eigenvalue weighted by molar-refractivity contribution is 6.67. The lowest BCUT2D eigenvalue weighted by atomic mass is 9.94. The van der Waals surface area contributed by atoms with Crippen molar-refractivity contribution in [2.45, 2.75) is 19.8 Å². The molecule has 0 fully saturated rings. The van der Waals surface area contributed by atoms with E-state index in [1.807, 2.05) is 0 Å². The highest BCUT2D eigenvalue weighted by Gasteiger charge is 2.22. The van der Waals surface area contributed by atoms with Gasteiger partial charge in [-0.1, -0.05) is 6.92 Å². The molecule has 0 amide bonds. The maximum absolute atomic E-state index is 7.88. The molecule has 72 valence electrons. The molecule has 13 heavy (non-hydrogen) atoms. The Hall–Kier alpha value is -1.19. The third-order valence-electron chi connectivity index (χ3n) is 2.38. The van der Waals surface area contributed by atoms with Gasteiger partial charge in [0.25, 0.3) is 0 Å². The van der Waals surface area contributed by atoms with Gasteiger partial charge in [0, 0.05) is 19.5 Å². The maximum Gasteiger partial charge on any atom is 0.146 e. The van der Waals surface area contributed by atoms with Crippen molar-refractivity contribution in [1.82, 2.24) is 0 Å². The number of amidine groups is 1. The molecule has 0 bridgehead atoms. The predicted molar refractivity (Wildman–Crippen MR) is 56.0 cm³/mol. The Labute approximate surface area is 78.5 Å². The Balaban J connectivity index is 2.95. The van der Waals surface area contributed by atoms with Crippen LogP contribution in [0.4, 0.5) is 0 Å². The van der Waals surface area contributed by atoms with Crippen LogP contribution in [0.25, 0.3) is 0 Å². The lowest BCUT2D eigenvalue weighted by molar-refractivity contribution is 0.620. The summed E-state index contributed by atoms with van der Waals surface area (Å²) in [6.45, 7) is 2.79. The van der Waals surface area contributed by atoms with Gasteiger partial charge in [0.05, 0.1) is 5.71 Å². The van der Waals surface area contributed by atoms with Crippen LogP contribution in [0.5, 0.6) is 0 Å². The molecule has 1 unspecified atom stereocenters. The van der Waals surface area contributed by atoms with Gasteiger partial charge in [0.2, 0.25) is 0 Å². The summed E-state index contributed by atoms with van der Waals surface area (Å²) >= 11 is 0. The Morgan fingerprint density at radius 1 is 1.69 bits per heavy atom. The zero-order valence-corrected chi connectivity index (χ0v) is 8.17. The van der Waals surface area contributed by atoms with Crippen molar-refractivity contribution in [2.24, 2.45) is 21.6 Å². The van der Waals surface area contributed by atoms with Gasteiger partial charge in [-0.25, -0.2) is 0 Å². The van der Waals surface area contributed by atoms with Crippen LogP contribution in [-0.4, -0.2) is 30.9 Å². The maximum atomic E-state index is 7.88. The molecule has 0 aromatic heterocycles. The molecule has 3 N–H and O–H groups in total. The van der Waals surface area contributed by atoms with E-state index in [4.69, 9.17) is 11.1 Å². The van der Waals surface area contributed by atoms with Gasteiger partial charge < -0.3 is 11.1 Å². The van der Waals surface area contributed by atoms with Crippen molar-refractivity contribution in [3.8, 4) is 0 Å². The smallest absolute Gasteiger partial charge is 0.146 e. The molecule has 0 saturated carbocycles. The minimum atomic E-state index is 0.267. The molecule has 1 aliphatic rings. The van der Waals surface area contributed by atoms with Crippen LogP contribution in [0.15, 0.2) is 9.98 Å². The summed E-state index contributed by atoms with van der Waals surface area (Å²) in [5.41, 5.74) is 6.79. The van der Waals surface area contributed by atoms with Crippen molar-refractivity contribution in [3.63, 3.8) is 0 Å². The summed E-state index contributed by atoms with van der Waals surface area (Å²) in [6.07, 6.45) is 1.87. The van der Waals surface area contributed by atoms with Gasteiger partial charge in [-0.05, 0) is 12.8 Å². The molecule has 0 radical (unpaired) electrons. The normalized spacial score (nSPS) is 27.2. The average Bonchev–Trinajstić information content (AvgIpc) is 2.25. The largest absolute Gasteiger partial charge is 0.382 e. The fraction of sp³-hybridized carbons (Fsp3) is 0.667. The van der Waals surface area contributed by atoms with E-state index in [1.54, 1.807) is 7.05 Å². The van der Waals surface area contributed by atoms with Crippen LogP contribution >= 0.6 is 0 Å². The van der Waals surface area contributed by atoms with Crippen LogP contribution in [-0.2, 0) is 0 Å². The number of aliphatic imine (C=N–C) groups is 2. The summed E-state index contributed by atoms with van der Waals surface area (Å²) in [7, 11) is 1.66. The monoisotopic (exact) mass is 180 g/mol. The second-order valence-electron chi connectivity index (χ2n) is 3.15. The topological polar surface area (TPSA) is 74.6 Å². The van der Waals surface area contributed by atoms with E-state index in [9.17, 15) is 0 Å². The van der Waals surface area contributed by atoms with Crippen molar-refractivity contribution in [3.05, 3.63) is 0 Å². The van der Waals surface area contributed by atoms with E-state index in [1.165, 1.54) is 0 Å². The summed E-state index contributed by atoms with van der Waals surface area (Å²) in [5, 5.41) is 7.88. The summed E-state index contributed by atoms with van der Waals surface area (Å²) < 4.78 is 0. The lowest BCUT2D eigenvalue weighted by Gasteiger charge is -2.12. The first-order valence-electron chi connectivity index (χ1n) is 4.56. The SMILES string of the molecule is CCC1CCN=C(N)C(=NC)C1=N. The van der Waals surface area contributed by atoms with E-state index in [0.717, 1.165) is 12.8 Å². The Kier molecular flexibility index (Phi) is 3.17. The Morgan fingerprint density at radius 2 is 2.38 bits per heavy atom. The molecule has 0 aromatic carbocycles. The van der Waals surface area contributed by atoms with Gasteiger partial charge in [-0.15, -0.1) is 0 Å². The zero-order chi connectivity index (χ0) is 9.84. The van der Waals surface area contributed by atoms with Crippen LogP contribution < -0.4 is 5.73 Å². The van der Waals surface area contributed by atoms with E-state index in [-0.39, 0.29) is 5.92 Å². The summed E-state index contributed by atoms with van der Waals surface area (Å²) in [6, 6.07) is 0. The summed E-state index contributed by atoms with van der Waals surface area (Å²) in [5.74, 6) is 0.687. The molecule has 1 atom stereocenters. The molecular weight excluding hydrogens is 164 g/mol. The molecule has 1 rings (SSSR count). The zero-order valence-electron chi connectivity index (χ0n) is 8.17. The quantitative estimate of drug-likeness (QED) is 0.617. The second-order valence-corrected chi connectivity index (χ2v) is 3.15. The molecule has 4 nitrogen and oxygen atoms in total. The van der Waals surface area contributed by atoms with Crippen LogP contribution in [0, 0.1) is 11.3 Å². The first-order chi connectivity index (χ1) is 6.20. The highest BCUT2D eigenvalue weighted by Crippen LogP contribution is 2.14. The van der Waals surface area contributed by atoms with Crippen molar-refractivity contribution in [2.75, 3.05) is 13.6 Å². The van der Waals surface area contributed by atoms with E-state index in [2.05, 4.69) is 16.9 Å². The first kappa shape index (κ1) is 9.89. The molecule has 0 aliphatic carbocycles. The third kappa shape index (κ3) is 1.94. The minimum Gasteiger partial charge on any atom is -0.382 e. The van der Waals surface area contributed by atoms with Crippen LogP contribution in [0.2, 0.25) is 0 Å². The summed E-state index contributed by atoms with van der Waals surface area (Å²) in [4.78, 5) is 8.15. The fourth-order valence-electron chi connectivity index (χ4n) is 1.53. The molecule has 0 spiro atoms. The molecular formula is C9H16N4. The number of nitrogens with two attached hydrogens (primary N) is 1. The van der Waals surface area contributed by atoms with Gasteiger partial charge >= 0.3 is 0 Å². The van der Waals surface area contributed by atoms with E-state index >= 15 is 0 Å². The van der Waals surface area contributed by atoms with E-state index < -0.39 is 0 Å². The second kappa shape index (κ2) is 4.16. The van der Waals surface area contributed by atoms with E-state index in [0.29, 0.717) is 23.8 Å². The van der Waals surface area contributed by atoms with Gasteiger partial charge in [-0.2, -0.15) is 0 Å². The van der Waals surface area contributed by atoms with Crippen LogP contribution in [0.3, 0.4) is 0 Å². The molecule has 0 aromatic rings. The number of nitrogens with zero attached hydrogens (tertiary/aromatic N) is 2. The first-order valence-corrected chi connectivity index (χ1v) is 4.56. The van der Waals surface area contributed by atoms with Crippen molar-refractivity contribution >= 4 is 17.3 Å². The lowest BCUT2D eigenvalue weighted by Crippen LogP contribution is -2.32. The molecule has 0 saturated heterocycles. The Morgan fingerprint density at radius 3 is 2.92 bits per heavy atom. The average molecular weight is 180 g/mol.